The molecule has 1 aromatic rings. The molecule has 0 aliphatic heterocycles. The minimum atomic E-state index is -4.58. The number of aromatic carboxylic acids is 1. The standard InChI is InChI=1S/C9H10O6S/c1-2-15-6-3-4-7(9(10)11)8(5-6)16(12,13)14/h3-5H,2H2,1H3,(H,10,11)(H,12,13,14). The van der Waals surface area contributed by atoms with E-state index < -0.39 is 26.5 Å². The molecule has 0 unspecified atom stereocenters. The molecule has 0 heterocycles. The van der Waals surface area contributed by atoms with Gasteiger partial charge in [-0.3, -0.25) is 4.55 Å². The largest absolute Gasteiger partial charge is 0.494 e. The normalized spacial score (nSPS) is 11.1. The smallest absolute Gasteiger partial charge is 0.337 e. The third-order valence-electron chi connectivity index (χ3n) is 1.77. The monoisotopic (exact) mass is 246 g/mol. The topological polar surface area (TPSA) is 101 Å². The summed E-state index contributed by atoms with van der Waals surface area (Å²) in [6, 6.07) is 3.36. The van der Waals surface area contributed by atoms with Crippen molar-refractivity contribution < 1.29 is 27.6 Å². The Balaban J connectivity index is 3.39. The van der Waals surface area contributed by atoms with Gasteiger partial charge in [-0.15, -0.1) is 0 Å². The van der Waals surface area contributed by atoms with E-state index >= 15 is 0 Å². The van der Waals surface area contributed by atoms with Crippen LogP contribution in [-0.2, 0) is 10.1 Å². The van der Waals surface area contributed by atoms with Crippen molar-refractivity contribution in [3.05, 3.63) is 23.8 Å². The first-order valence-electron chi connectivity index (χ1n) is 4.34. The molecule has 0 fully saturated rings. The van der Waals surface area contributed by atoms with E-state index in [2.05, 4.69) is 0 Å². The summed E-state index contributed by atoms with van der Waals surface area (Å²) in [6.07, 6.45) is 0. The summed E-state index contributed by atoms with van der Waals surface area (Å²) in [5.74, 6) is -1.25. The molecular weight excluding hydrogens is 236 g/mol. The van der Waals surface area contributed by atoms with Gasteiger partial charge in [-0.2, -0.15) is 8.42 Å². The first-order valence-corrected chi connectivity index (χ1v) is 5.78. The van der Waals surface area contributed by atoms with Gasteiger partial charge in [-0.25, -0.2) is 4.79 Å². The molecule has 1 rings (SSSR count). The van der Waals surface area contributed by atoms with Gasteiger partial charge < -0.3 is 9.84 Å². The Morgan fingerprint density at radius 2 is 2.06 bits per heavy atom. The van der Waals surface area contributed by atoms with Gasteiger partial charge in [0.2, 0.25) is 0 Å². The number of hydrogen-bond donors (Lipinski definition) is 2. The van der Waals surface area contributed by atoms with Gasteiger partial charge in [0.1, 0.15) is 10.6 Å². The molecule has 0 aromatic heterocycles. The van der Waals surface area contributed by atoms with Crippen molar-refractivity contribution in [3.8, 4) is 5.75 Å². The van der Waals surface area contributed by atoms with E-state index in [0.717, 1.165) is 12.1 Å². The SMILES string of the molecule is CCOc1ccc(C(=O)O)c(S(=O)(=O)O)c1. The maximum Gasteiger partial charge on any atom is 0.337 e. The van der Waals surface area contributed by atoms with Gasteiger partial charge in [0.25, 0.3) is 10.1 Å². The molecule has 0 atom stereocenters. The molecule has 16 heavy (non-hydrogen) atoms. The Bertz CT molecular complexity index is 505. The van der Waals surface area contributed by atoms with Gasteiger partial charge in [0.05, 0.1) is 12.2 Å². The zero-order valence-corrected chi connectivity index (χ0v) is 9.19. The zero-order chi connectivity index (χ0) is 12.3. The predicted molar refractivity (Wildman–Crippen MR) is 54.4 cm³/mol. The lowest BCUT2D eigenvalue weighted by molar-refractivity contribution is 0.0692. The second kappa shape index (κ2) is 4.50. The van der Waals surface area contributed by atoms with E-state index in [1.54, 1.807) is 6.92 Å². The molecule has 0 saturated carbocycles. The van der Waals surface area contributed by atoms with E-state index in [-0.39, 0.29) is 5.75 Å². The molecule has 2 N–H and O–H groups in total. The van der Waals surface area contributed by atoms with Crippen molar-refractivity contribution in [2.24, 2.45) is 0 Å². The summed E-state index contributed by atoms with van der Waals surface area (Å²) in [4.78, 5) is 10.0. The maximum absolute atomic E-state index is 11.0. The van der Waals surface area contributed by atoms with E-state index in [1.165, 1.54) is 6.07 Å². The highest BCUT2D eigenvalue weighted by molar-refractivity contribution is 7.86. The maximum atomic E-state index is 11.0. The van der Waals surface area contributed by atoms with Crippen molar-refractivity contribution in [1.82, 2.24) is 0 Å². The second-order valence-electron chi connectivity index (χ2n) is 2.87. The Hall–Kier alpha value is -1.60. The van der Waals surface area contributed by atoms with Gasteiger partial charge >= 0.3 is 5.97 Å². The van der Waals surface area contributed by atoms with Crippen LogP contribution in [0.4, 0.5) is 0 Å². The first kappa shape index (κ1) is 12.5. The number of rotatable bonds is 4. The fraction of sp³-hybridized carbons (Fsp3) is 0.222. The highest BCUT2D eigenvalue weighted by atomic mass is 32.2. The molecule has 0 bridgehead atoms. The fourth-order valence-corrected chi connectivity index (χ4v) is 1.85. The lowest BCUT2D eigenvalue weighted by atomic mass is 10.2. The van der Waals surface area contributed by atoms with Gasteiger partial charge in [0.15, 0.2) is 0 Å². The fourth-order valence-electron chi connectivity index (χ4n) is 1.15. The quantitative estimate of drug-likeness (QED) is 0.769. The van der Waals surface area contributed by atoms with E-state index in [4.69, 9.17) is 14.4 Å². The predicted octanol–water partition coefficient (Wildman–Crippen LogP) is 1.03. The number of carbonyl (C=O) groups is 1. The molecule has 0 spiro atoms. The summed E-state index contributed by atoms with van der Waals surface area (Å²) < 4.78 is 35.8. The Morgan fingerprint density at radius 3 is 2.50 bits per heavy atom. The van der Waals surface area contributed by atoms with Crippen molar-refractivity contribution in [2.75, 3.05) is 6.61 Å². The van der Waals surface area contributed by atoms with Crippen molar-refractivity contribution >= 4 is 16.1 Å². The molecule has 1 aromatic carbocycles. The van der Waals surface area contributed by atoms with Crippen LogP contribution in [0.2, 0.25) is 0 Å². The number of carboxylic acid groups (broad SMARTS) is 1. The van der Waals surface area contributed by atoms with Gasteiger partial charge in [0, 0.05) is 6.07 Å². The Kier molecular flexibility index (Phi) is 3.51. The molecule has 88 valence electrons. The van der Waals surface area contributed by atoms with Crippen LogP contribution in [0, 0.1) is 0 Å². The number of benzene rings is 1. The first-order chi connectivity index (χ1) is 7.36. The van der Waals surface area contributed by atoms with Crippen LogP contribution in [-0.4, -0.2) is 30.7 Å². The van der Waals surface area contributed by atoms with Crippen molar-refractivity contribution in [3.63, 3.8) is 0 Å². The van der Waals surface area contributed by atoms with Crippen LogP contribution < -0.4 is 4.74 Å². The molecule has 6 nitrogen and oxygen atoms in total. The summed E-state index contributed by atoms with van der Waals surface area (Å²) in [7, 11) is -4.58. The van der Waals surface area contributed by atoms with E-state index in [0.29, 0.717) is 6.61 Å². The van der Waals surface area contributed by atoms with Gasteiger partial charge in [-0.05, 0) is 19.1 Å². The summed E-state index contributed by atoms with van der Waals surface area (Å²) >= 11 is 0. The minimum Gasteiger partial charge on any atom is -0.494 e. The van der Waals surface area contributed by atoms with Gasteiger partial charge in [-0.1, -0.05) is 0 Å². The third kappa shape index (κ3) is 2.71. The van der Waals surface area contributed by atoms with Crippen LogP contribution >= 0.6 is 0 Å². The zero-order valence-electron chi connectivity index (χ0n) is 8.37. The lowest BCUT2D eigenvalue weighted by Gasteiger charge is -2.07. The van der Waals surface area contributed by atoms with Crippen molar-refractivity contribution in [2.45, 2.75) is 11.8 Å². The molecule has 7 heteroatoms. The average Bonchev–Trinajstić information content (AvgIpc) is 2.16. The Morgan fingerprint density at radius 1 is 1.44 bits per heavy atom. The number of carboxylic acids is 1. The highest BCUT2D eigenvalue weighted by Crippen LogP contribution is 2.22. The van der Waals surface area contributed by atoms with E-state index in [1.807, 2.05) is 0 Å². The van der Waals surface area contributed by atoms with Crippen LogP contribution in [0.5, 0.6) is 5.75 Å². The molecule has 0 radical (unpaired) electrons. The molecule has 0 amide bonds. The number of hydrogen-bond acceptors (Lipinski definition) is 4. The molecule has 0 saturated heterocycles. The highest BCUT2D eigenvalue weighted by Gasteiger charge is 2.20. The number of ether oxygens (including phenoxy) is 1. The van der Waals surface area contributed by atoms with Crippen LogP contribution in [0.3, 0.4) is 0 Å². The molecule has 0 aliphatic carbocycles. The third-order valence-corrected chi connectivity index (χ3v) is 2.67. The Labute approximate surface area is 92.2 Å². The van der Waals surface area contributed by atoms with Crippen LogP contribution in [0.25, 0.3) is 0 Å². The second-order valence-corrected chi connectivity index (χ2v) is 4.26. The van der Waals surface area contributed by atoms with Crippen LogP contribution in [0.1, 0.15) is 17.3 Å². The molecule has 0 aliphatic rings. The summed E-state index contributed by atoms with van der Waals surface area (Å²) in [5, 5.41) is 8.73. The summed E-state index contributed by atoms with van der Waals surface area (Å²) in [6.45, 7) is 2.00. The average molecular weight is 246 g/mol. The van der Waals surface area contributed by atoms with E-state index in [9.17, 15) is 13.2 Å². The minimum absolute atomic E-state index is 0.181. The molecular formula is C9H10O6S. The summed E-state index contributed by atoms with van der Waals surface area (Å²) in [5.41, 5.74) is -0.494. The van der Waals surface area contributed by atoms with Crippen molar-refractivity contribution in [1.29, 1.82) is 0 Å². The lowest BCUT2D eigenvalue weighted by Crippen LogP contribution is -2.08. The van der Waals surface area contributed by atoms with Crippen LogP contribution in [0.15, 0.2) is 23.1 Å².